The second-order valence-electron chi connectivity index (χ2n) is 5.92. The van der Waals surface area contributed by atoms with E-state index in [2.05, 4.69) is 46.3 Å². The zero-order chi connectivity index (χ0) is 20.1. The Kier molecular flexibility index (Phi) is 6.88. The number of thiophene rings is 1. The monoisotopic (exact) mass is 433 g/mol. The van der Waals surface area contributed by atoms with Gasteiger partial charge < -0.3 is 5.32 Å². The van der Waals surface area contributed by atoms with Crippen LogP contribution in [0.1, 0.15) is 17.4 Å². The summed E-state index contributed by atoms with van der Waals surface area (Å²) >= 11 is 9.02. The molecular weight excluding hydrogens is 414 g/mol. The van der Waals surface area contributed by atoms with Crippen LogP contribution in [0.3, 0.4) is 0 Å². The molecule has 3 rings (SSSR count). The van der Waals surface area contributed by atoms with Gasteiger partial charge in [-0.15, -0.1) is 28.1 Å². The summed E-state index contributed by atoms with van der Waals surface area (Å²) in [6.07, 6.45) is 4.31. The first kappa shape index (κ1) is 20.6. The zero-order valence-corrected chi connectivity index (χ0v) is 18.0. The Labute approximate surface area is 177 Å². The number of nitrogens with one attached hydrogen (secondary N) is 1. The Balaban J connectivity index is 1.77. The molecule has 9 heteroatoms. The van der Waals surface area contributed by atoms with Crippen molar-refractivity contribution < 1.29 is 4.79 Å². The van der Waals surface area contributed by atoms with Gasteiger partial charge >= 0.3 is 0 Å². The first-order valence-corrected chi connectivity index (χ1v) is 10.9. The first-order valence-electron chi connectivity index (χ1n) is 8.69. The van der Waals surface area contributed by atoms with E-state index in [0.29, 0.717) is 17.4 Å². The number of aryl methyl sites for hydroxylation is 1. The average Bonchev–Trinajstić information content (AvgIpc) is 3.25. The van der Waals surface area contributed by atoms with Gasteiger partial charge in [-0.2, -0.15) is 0 Å². The lowest BCUT2D eigenvalue weighted by Gasteiger charge is -2.09. The Morgan fingerprint density at radius 3 is 3.00 bits per heavy atom. The van der Waals surface area contributed by atoms with Crippen molar-refractivity contribution in [3.63, 3.8) is 0 Å². The summed E-state index contributed by atoms with van der Waals surface area (Å²) in [4.78, 5) is 17.5. The lowest BCUT2D eigenvalue weighted by Crippen LogP contribution is -2.15. The standard InChI is InChI=1S/C19H20ClN5OS2/c1-4-9-25-18(14-10-27-12(3)13(14)5-2)23-24-19(25)28-11-16(26)22-15-7-6-8-21-17(15)20/h4,6-8,10H,1,5,9,11H2,2-3H3,(H,22,26). The van der Waals surface area contributed by atoms with Gasteiger partial charge in [0.25, 0.3) is 0 Å². The number of thioether (sulfide) groups is 1. The van der Waals surface area contributed by atoms with Gasteiger partial charge in [0.1, 0.15) is 0 Å². The number of carbonyl (C=O) groups is 1. The number of hydrogen-bond acceptors (Lipinski definition) is 6. The van der Waals surface area contributed by atoms with E-state index in [0.717, 1.165) is 17.8 Å². The Bertz CT molecular complexity index is 998. The second-order valence-corrected chi connectivity index (χ2v) is 8.31. The van der Waals surface area contributed by atoms with Crippen LogP contribution in [-0.2, 0) is 17.8 Å². The molecule has 0 saturated carbocycles. The molecule has 0 fully saturated rings. The first-order chi connectivity index (χ1) is 13.5. The quantitative estimate of drug-likeness (QED) is 0.312. The maximum Gasteiger partial charge on any atom is 0.234 e. The number of pyridine rings is 1. The van der Waals surface area contributed by atoms with Gasteiger partial charge in [-0.3, -0.25) is 9.36 Å². The summed E-state index contributed by atoms with van der Waals surface area (Å²) in [6.45, 7) is 8.66. The highest BCUT2D eigenvalue weighted by molar-refractivity contribution is 7.99. The molecule has 0 saturated heterocycles. The van der Waals surface area contributed by atoms with Crippen molar-refractivity contribution in [3.8, 4) is 11.4 Å². The van der Waals surface area contributed by atoms with Crippen molar-refractivity contribution in [1.29, 1.82) is 0 Å². The van der Waals surface area contributed by atoms with Crippen LogP contribution in [0.5, 0.6) is 0 Å². The highest BCUT2D eigenvalue weighted by Gasteiger charge is 2.19. The minimum absolute atomic E-state index is 0.184. The molecule has 0 aliphatic carbocycles. The molecule has 0 unspecified atom stereocenters. The summed E-state index contributed by atoms with van der Waals surface area (Å²) in [6, 6.07) is 3.43. The van der Waals surface area contributed by atoms with Crippen molar-refractivity contribution in [2.75, 3.05) is 11.1 Å². The molecule has 3 heterocycles. The van der Waals surface area contributed by atoms with Gasteiger partial charge in [-0.1, -0.05) is 36.4 Å². The summed E-state index contributed by atoms with van der Waals surface area (Å²) in [5.41, 5.74) is 2.87. The zero-order valence-electron chi connectivity index (χ0n) is 15.6. The molecule has 146 valence electrons. The third kappa shape index (κ3) is 4.45. The molecule has 1 amide bonds. The maximum absolute atomic E-state index is 12.3. The molecule has 0 radical (unpaired) electrons. The lowest BCUT2D eigenvalue weighted by molar-refractivity contribution is -0.113. The number of nitrogens with zero attached hydrogens (tertiary/aromatic N) is 4. The summed E-state index contributed by atoms with van der Waals surface area (Å²) in [5.74, 6) is 0.804. The molecule has 0 aliphatic heterocycles. The molecule has 28 heavy (non-hydrogen) atoms. The summed E-state index contributed by atoms with van der Waals surface area (Å²) < 4.78 is 1.99. The Morgan fingerprint density at radius 2 is 2.29 bits per heavy atom. The van der Waals surface area contributed by atoms with Crippen LogP contribution in [0.4, 0.5) is 5.69 Å². The number of rotatable bonds is 8. The Morgan fingerprint density at radius 1 is 1.46 bits per heavy atom. The summed E-state index contributed by atoms with van der Waals surface area (Å²) in [7, 11) is 0. The van der Waals surface area contributed by atoms with Crippen LogP contribution in [0.15, 0.2) is 41.5 Å². The molecule has 3 aromatic heterocycles. The maximum atomic E-state index is 12.3. The number of amides is 1. The molecule has 0 atom stereocenters. The second kappa shape index (κ2) is 9.36. The molecule has 1 N–H and O–H groups in total. The number of halogens is 1. The van der Waals surface area contributed by atoms with E-state index < -0.39 is 0 Å². The predicted molar refractivity (Wildman–Crippen MR) is 116 cm³/mol. The molecule has 0 spiro atoms. The van der Waals surface area contributed by atoms with E-state index in [4.69, 9.17) is 11.6 Å². The summed E-state index contributed by atoms with van der Waals surface area (Å²) in [5, 5.41) is 14.5. The van der Waals surface area contributed by atoms with E-state index in [9.17, 15) is 4.79 Å². The van der Waals surface area contributed by atoms with E-state index in [-0.39, 0.29) is 16.8 Å². The van der Waals surface area contributed by atoms with Crippen molar-refractivity contribution in [2.24, 2.45) is 0 Å². The number of aromatic nitrogens is 4. The van der Waals surface area contributed by atoms with Crippen molar-refractivity contribution in [2.45, 2.75) is 32.0 Å². The normalized spacial score (nSPS) is 10.8. The lowest BCUT2D eigenvalue weighted by atomic mass is 10.1. The van der Waals surface area contributed by atoms with Gasteiger partial charge in [-0.25, -0.2) is 4.98 Å². The number of hydrogen-bond donors (Lipinski definition) is 1. The average molecular weight is 434 g/mol. The fraction of sp³-hybridized carbons (Fsp3) is 0.263. The fourth-order valence-electron chi connectivity index (χ4n) is 2.79. The number of carbonyl (C=O) groups excluding carboxylic acids is 1. The van der Waals surface area contributed by atoms with Gasteiger partial charge in [0.15, 0.2) is 16.1 Å². The molecular formula is C19H20ClN5OS2. The highest BCUT2D eigenvalue weighted by Crippen LogP contribution is 2.32. The third-order valence-electron chi connectivity index (χ3n) is 4.09. The van der Waals surface area contributed by atoms with E-state index in [1.54, 1.807) is 35.7 Å². The van der Waals surface area contributed by atoms with E-state index >= 15 is 0 Å². The smallest absolute Gasteiger partial charge is 0.234 e. The number of allylic oxidation sites excluding steroid dienone is 1. The minimum atomic E-state index is -0.185. The minimum Gasteiger partial charge on any atom is -0.323 e. The van der Waals surface area contributed by atoms with E-state index in [1.807, 2.05) is 4.57 Å². The molecule has 0 aliphatic rings. The fourth-order valence-corrected chi connectivity index (χ4v) is 4.64. The van der Waals surface area contributed by atoms with Gasteiger partial charge in [0.05, 0.1) is 11.4 Å². The topological polar surface area (TPSA) is 72.7 Å². The molecule has 6 nitrogen and oxygen atoms in total. The molecule has 0 bridgehead atoms. The van der Waals surface area contributed by atoms with Crippen molar-refractivity contribution in [1.82, 2.24) is 19.7 Å². The van der Waals surface area contributed by atoms with E-state index in [1.165, 1.54) is 22.2 Å². The predicted octanol–water partition coefficient (Wildman–Crippen LogP) is 4.84. The largest absolute Gasteiger partial charge is 0.323 e. The highest BCUT2D eigenvalue weighted by atomic mass is 35.5. The van der Waals surface area contributed by atoms with Gasteiger partial charge in [0.2, 0.25) is 5.91 Å². The van der Waals surface area contributed by atoms with Crippen LogP contribution in [0, 0.1) is 6.92 Å². The van der Waals surface area contributed by atoms with Crippen LogP contribution in [-0.4, -0.2) is 31.4 Å². The van der Waals surface area contributed by atoms with Crippen LogP contribution >= 0.6 is 34.7 Å². The van der Waals surface area contributed by atoms with Gasteiger partial charge in [-0.05, 0) is 31.0 Å². The number of anilines is 1. The molecule has 0 aromatic carbocycles. The van der Waals surface area contributed by atoms with Gasteiger partial charge in [0, 0.05) is 28.6 Å². The van der Waals surface area contributed by atoms with Crippen LogP contribution in [0.2, 0.25) is 5.15 Å². The Hall–Kier alpha value is -2.16. The van der Waals surface area contributed by atoms with Crippen LogP contribution in [0.25, 0.3) is 11.4 Å². The van der Waals surface area contributed by atoms with Crippen LogP contribution < -0.4 is 5.32 Å². The van der Waals surface area contributed by atoms with Crippen molar-refractivity contribution in [3.05, 3.63) is 52.0 Å². The third-order valence-corrected chi connectivity index (χ3v) is 6.31. The molecule has 3 aromatic rings. The SMILES string of the molecule is C=CCn1c(SCC(=O)Nc2cccnc2Cl)nnc1-c1csc(C)c1CC. The van der Waals surface area contributed by atoms with Crippen molar-refractivity contribution >= 4 is 46.3 Å².